The third kappa shape index (κ3) is 2.71. The highest BCUT2D eigenvalue weighted by atomic mass is 16.4. The molecule has 2 fully saturated rings. The lowest BCUT2D eigenvalue weighted by molar-refractivity contribution is -0.144. The van der Waals surface area contributed by atoms with Crippen molar-refractivity contribution in [2.45, 2.75) is 51.0 Å². The van der Waals surface area contributed by atoms with E-state index in [1.165, 1.54) is 32.1 Å². The molecule has 0 heterocycles. The monoisotopic (exact) mass is 211 g/mol. The maximum Gasteiger partial charge on any atom is 0.308 e. The predicted molar refractivity (Wildman–Crippen MR) is 58.7 cm³/mol. The Bertz CT molecular complexity index is 220. The molecule has 0 radical (unpaired) electrons. The van der Waals surface area contributed by atoms with Crippen LogP contribution in [-0.2, 0) is 4.79 Å². The zero-order valence-electron chi connectivity index (χ0n) is 9.24. The second-order valence-corrected chi connectivity index (χ2v) is 5.03. The van der Waals surface area contributed by atoms with Gasteiger partial charge in [-0.05, 0) is 31.6 Å². The van der Waals surface area contributed by atoms with Gasteiger partial charge in [-0.25, -0.2) is 0 Å². The van der Waals surface area contributed by atoms with Crippen molar-refractivity contribution in [3.8, 4) is 0 Å². The minimum absolute atomic E-state index is 0.139. The van der Waals surface area contributed by atoms with Crippen molar-refractivity contribution in [2.24, 2.45) is 11.8 Å². The largest absolute Gasteiger partial charge is 0.481 e. The van der Waals surface area contributed by atoms with E-state index in [9.17, 15) is 4.79 Å². The van der Waals surface area contributed by atoms with Crippen LogP contribution in [0.5, 0.6) is 0 Å². The molecule has 15 heavy (non-hydrogen) atoms. The Kier molecular flexibility index (Phi) is 3.62. The number of hydrogen-bond donors (Lipinski definition) is 2. The quantitative estimate of drug-likeness (QED) is 0.731. The molecule has 0 aliphatic heterocycles. The average Bonchev–Trinajstić information content (AvgIpc) is 2.60. The fourth-order valence-electron chi connectivity index (χ4n) is 2.72. The van der Waals surface area contributed by atoms with Crippen LogP contribution in [-0.4, -0.2) is 23.7 Å². The van der Waals surface area contributed by atoms with Gasteiger partial charge in [0.1, 0.15) is 0 Å². The number of hydrogen-bond acceptors (Lipinski definition) is 2. The van der Waals surface area contributed by atoms with E-state index in [4.69, 9.17) is 5.11 Å². The molecule has 0 spiro atoms. The summed E-state index contributed by atoms with van der Waals surface area (Å²) in [6.45, 7) is 0.685. The van der Waals surface area contributed by atoms with Crippen molar-refractivity contribution >= 4 is 5.97 Å². The highest BCUT2D eigenvalue weighted by molar-refractivity contribution is 5.70. The number of aliphatic carboxylic acids is 1. The van der Waals surface area contributed by atoms with Crippen LogP contribution in [0.2, 0.25) is 0 Å². The number of carbonyl (C=O) groups is 1. The van der Waals surface area contributed by atoms with Gasteiger partial charge in [-0.3, -0.25) is 4.79 Å². The smallest absolute Gasteiger partial charge is 0.308 e. The third-order valence-electron chi connectivity index (χ3n) is 4.02. The summed E-state index contributed by atoms with van der Waals surface area (Å²) in [6, 6.07) is 0.590. The van der Waals surface area contributed by atoms with E-state index < -0.39 is 5.97 Å². The van der Waals surface area contributed by atoms with E-state index in [0.29, 0.717) is 18.5 Å². The molecule has 3 nitrogen and oxygen atoms in total. The van der Waals surface area contributed by atoms with Crippen molar-refractivity contribution in [3.05, 3.63) is 0 Å². The molecule has 3 heteroatoms. The molecule has 0 aromatic heterocycles. The molecule has 2 rings (SSSR count). The first-order valence-corrected chi connectivity index (χ1v) is 6.23. The SMILES string of the molecule is O=C(O)C(CNC1CCCC1)C1CCC1. The molecular weight excluding hydrogens is 190 g/mol. The van der Waals surface area contributed by atoms with E-state index in [1.807, 2.05) is 0 Å². The summed E-state index contributed by atoms with van der Waals surface area (Å²) >= 11 is 0. The third-order valence-corrected chi connectivity index (χ3v) is 4.02. The topological polar surface area (TPSA) is 49.3 Å². The van der Waals surface area contributed by atoms with Gasteiger partial charge in [0.2, 0.25) is 0 Å². The van der Waals surface area contributed by atoms with Crippen LogP contribution in [0.1, 0.15) is 44.9 Å². The van der Waals surface area contributed by atoms with Crippen LogP contribution in [0.25, 0.3) is 0 Å². The first-order chi connectivity index (χ1) is 7.27. The molecular formula is C12H21NO2. The Hall–Kier alpha value is -0.570. The van der Waals surface area contributed by atoms with Crippen molar-refractivity contribution in [1.29, 1.82) is 0 Å². The molecule has 0 saturated heterocycles. The van der Waals surface area contributed by atoms with E-state index in [-0.39, 0.29) is 5.92 Å². The summed E-state index contributed by atoms with van der Waals surface area (Å²) in [5, 5.41) is 12.6. The van der Waals surface area contributed by atoms with E-state index >= 15 is 0 Å². The molecule has 2 saturated carbocycles. The number of carboxylic acid groups (broad SMARTS) is 1. The first kappa shape index (κ1) is 10.9. The molecule has 0 bridgehead atoms. The van der Waals surface area contributed by atoms with Gasteiger partial charge in [-0.1, -0.05) is 19.3 Å². The summed E-state index contributed by atoms with van der Waals surface area (Å²) in [7, 11) is 0. The molecule has 1 atom stereocenters. The number of nitrogens with one attached hydrogen (secondary N) is 1. The summed E-state index contributed by atoms with van der Waals surface area (Å²) < 4.78 is 0. The Morgan fingerprint density at radius 3 is 2.33 bits per heavy atom. The molecule has 2 aliphatic rings. The van der Waals surface area contributed by atoms with Gasteiger partial charge in [0.05, 0.1) is 5.92 Å². The van der Waals surface area contributed by atoms with Crippen LogP contribution < -0.4 is 5.32 Å². The molecule has 1 unspecified atom stereocenters. The first-order valence-electron chi connectivity index (χ1n) is 6.23. The van der Waals surface area contributed by atoms with Crippen molar-refractivity contribution < 1.29 is 9.90 Å². The fourth-order valence-corrected chi connectivity index (χ4v) is 2.72. The molecule has 0 amide bonds. The van der Waals surface area contributed by atoms with Gasteiger partial charge in [0.25, 0.3) is 0 Å². The molecule has 86 valence electrons. The molecule has 2 aliphatic carbocycles. The van der Waals surface area contributed by atoms with Gasteiger partial charge < -0.3 is 10.4 Å². The van der Waals surface area contributed by atoms with E-state index in [1.54, 1.807) is 0 Å². The standard InChI is InChI=1S/C12H21NO2/c14-12(15)11(9-4-3-5-9)8-13-10-6-1-2-7-10/h9-11,13H,1-8H2,(H,14,15). The van der Waals surface area contributed by atoms with Crippen LogP contribution in [0, 0.1) is 11.8 Å². The van der Waals surface area contributed by atoms with Crippen molar-refractivity contribution in [1.82, 2.24) is 5.32 Å². The number of carboxylic acids is 1. The molecule has 0 aromatic carbocycles. The highest BCUT2D eigenvalue weighted by Crippen LogP contribution is 2.33. The van der Waals surface area contributed by atoms with Crippen LogP contribution in [0.4, 0.5) is 0 Å². The maximum atomic E-state index is 11.1. The lowest BCUT2D eigenvalue weighted by atomic mass is 9.76. The van der Waals surface area contributed by atoms with Crippen molar-refractivity contribution in [3.63, 3.8) is 0 Å². The Morgan fingerprint density at radius 1 is 1.20 bits per heavy atom. The predicted octanol–water partition coefficient (Wildman–Crippen LogP) is 2.02. The van der Waals surface area contributed by atoms with Gasteiger partial charge in [0.15, 0.2) is 0 Å². The maximum absolute atomic E-state index is 11.1. The van der Waals surface area contributed by atoms with Crippen LogP contribution in [0.3, 0.4) is 0 Å². The van der Waals surface area contributed by atoms with E-state index in [2.05, 4.69) is 5.32 Å². The molecule has 2 N–H and O–H groups in total. The molecule has 0 aromatic rings. The normalized spacial score (nSPS) is 25.1. The van der Waals surface area contributed by atoms with Crippen molar-refractivity contribution in [2.75, 3.05) is 6.54 Å². The van der Waals surface area contributed by atoms with Crippen LogP contribution in [0.15, 0.2) is 0 Å². The van der Waals surface area contributed by atoms with Gasteiger partial charge in [-0.15, -0.1) is 0 Å². The minimum Gasteiger partial charge on any atom is -0.481 e. The van der Waals surface area contributed by atoms with Crippen LogP contribution >= 0.6 is 0 Å². The Labute approximate surface area is 91.2 Å². The zero-order valence-corrected chi connectivity index (χ0v) is 9.24. The van der Waals surface area contributed by atoms with E-state index in [0.717, 1.165) is 12.8 Å². The number of rotatable bonds is 5. The second kappa shape index (κ2) is 4.97. The average molecular weight is 211 g/mol. The lowest BCUT2D eigenvalue weighted by Gasteiger charge is -2.32. The summed E-state index contributed by atoms with van der Waals surface area (Å²) in [5.41, 5.74) is 0. The summed E-state index contributed by atoms with van der Waals surface area (Å²) in [4.78, 5) is 11.1. The summed E-state index contributed by atoms with van der Waals surface area (Å²) in [5.74, 6) is -0.305. The fraction of sp³-hybridized carbons (Fsp3) is 0.917. The lowest BCUT2D eigenvalue weighted by Crippen LogP contribution is -2.40. The van der Waals surface area contributed by atoms with Gasteiger partial charge in [0, 0.05) is 12.6 Å². The highest BCUT2D eigenvalue weighted by Gasteiger charge is 2.32. The summed E-state index contributed by atoms with van der Waals surface area (Å²) in [6.07, 6.45) is 8.52. The zero-order chi connectivity index (χ0) is 10.7. The van der Waals surface area contributed by atoms with Gasteiger partial charge in [-0.2, -0.15) is 0 Å². The minimum atomic E-state index is -0.606. The Morgan fingerprint density at radius 2 is 1.87 bits per heavy atom. The van der Waals surface area contributed by atoms with Gasteiger partial charge >= 0.3 is 5.97 Å². The second-order valence-electron chi connectivity index (χ2n) is 5.03. The Balaban J connectivity index is 1.75.